The van der Waals surface area contributed by atoms with Crippen molar-refractivity contribution in [3.05, 3.63) is 71.8 Å². The van der Waals surface area contributed by atoms with Crippen LogP contribution in [-0.2, 0) is 9.96 Å². The second-order valence-electron chi connectivity index (χ2n) is 5.35. The fraction of sp³-hybridized carbons (Fsp3) is 0.368. The Morgan fingerprint density at radius 1 is 0.909 bits per heavy atom. The molecule has 1 atom stereocenters. The van der Waals surface area contributed by atoms with E-state index in [4.69, 9.17) is 4.74 Å². The summed E-state index contributed by atoms with van der Waals surface area (Å²) in [6.45, 7) is 8.34. The fourth-order valence-corrected chi connectivity index (χ4v) is 3.22. The third-order valence-electron chi connectivity index (χ3n) is 4.03. The molecule has 3 radical (unpaired) electrons. The standard InChI is InChI=1S/C19H24NOSi/c1-4-20(5-2)16(3)21-19(22,17-12-8-6-9-13-17)18-14-10-7-11-15-18/h6-16H,4-5H2,1-3H3. The molecule has 0 aliphatic heterocycles. The fourth-order valence-electron chi connectivity index (χ4n) is 2.72. The van der Waals surface area contributed by atoms with Crippen molar-refractivity contribution < 1.29 is 4.74 Å². The van der Waals surface area contributed by atoms with Crippen molar-refractivity contribution in [2.45, 2.75) is 32.2 Å². The summed E-state index contributed by atoms with van der Waals surface area (Å²) < 4.78 is 6.49. The first-order valence-corrected chi connectivity index (χ1v) is 8.39. The van der Waals surface area contributed by atoms with E-state index in [1.54, 1.807) is 0 Å². The van der Waals surface area contributed by atoms with Crippen LogP contribution < -0.4 is 0 Å². The first-order chi connectivity index (χ1) is 10.6. The van der Waals surface area contributed by atoms with Crippen LogP contribution in [0, 0.1) is 0 Å². The molecule has 0 N–H and O–H groups in total. The summed E-state index contributed by atoms with van der Waals surface area (Å²) in [6.07, 6.45) is 0.00733. The SMILES string of the molecule is CCN(CC)C(C)OC([Si])(c1ccccc1)c1ccccc1. The Kier molecular flexibility index (Phi) is 5.95. The summed E-state index contributed by atoms with van der Waals surface area (Å²) >= 11 is 0. The van der Waals surface area contributed by atoms with E-state index in [1.165, 1.54) is 0 Å². The Bertz CT molecular complexity index is 515. The first-order valence-electron chi connectivity index (χ1n) is 7.89. The van der Waals surface area contributed by atoms with E-state index in [0.29, 0.717) is 0 Å². The van der Waals surface area contributed by atoms with Gasteiger partial charge in [-0.15, -0.1) is 0 Å². The molecule has 0 aromatic heterocycles. The minimum absolute atomic E-state index is 0.00733. The molecular weight excluding hydrogens is 286 g/mol. The summed E-state index contributed by atoms with van der Waals surface area (Å²) in [4.78, 5) is 2.29. The topological polar surface area (TPSA) is 12.5 Å². The highest BCUT2D eigenvalue weighted by Gasteiger charge is 2.32. The molecule has 22 heavy (non-hydrogen) atoms. The van der Waals surface area contributed by atoms with E-state index in [-0.39, 0.29) is 6.23 Å². The van der Waals surface area contributed by atoms with Gasteiger partial charge in [0.05, 0.1) is 10.2 Å². The lowest BCUT2D eigenvalue weighted by Crippen LogP contribution is -2.43. The molecule has 0 saturated carbocycles. The maximum Gasteiger partial charge on any atom is 0.108 e. The van der Waals surface area contributed by atoms with E-state index in [1.807, 2.05) is 36.4 Å². The molecule has 0 bridgehead atoms. The largest absolute Gasteiger partial charge is 0.352 e. The molecule has 0 spiro atoms. The highest BCUT2D eigenvalue weighted by atomic mass is 28.1. The number of hydrogen-bond donors (Lipinski definition) is 0. The van der Waals surface area contributed by atoms with Crippen LogP contribution in [0.5, 0.6) is 0 Å². The zero-order chi connectivity index (χ0) is 16.0. The van der Waals surface area contributed by atoms with Crippen LogP contribution in [0.3, 0.4) is 0 Å². The van der Waals surface area contributed by atoms with Crippen LogP contribution in [0.2, 0.25) is 0 Å². The summed E-state index contributed by atoms with van der Waals surface area (Å²) in [5.74, 6) is 0. The molecule has 0 saturated heterocycles. The van der Waals surface area contributed by atoms with Gasteiger partial charge >= 0.3 is 0 Å². The Morgan fingerprint density at radius 3 is 1.68 bits per heavy atom. The molecular formula is C19H24NOSi. The van der Waals surface area contributed by atoms with Gasteiger partial charge in [-0.05, 0) is 31.1 Å². The number of hydrogen-bond acceptors (Lipinski definition) is 2. The van der Waals surface area contributed by atoms with Crippen molar-refractivity contribution in [2.24, 2.45) is 0 Å². The second-order valence-corrected chi connectivity index (χ2v) is 6.06. The highest BCUT2D eigenvalue weighted by molar-refractivity contribution is 6.17. The van der Waals surface area contributed by atoms with Crippen LogP contribution in [0.1, 0.15) is 31.9 Å². The number of benzene rings is 2. The van der Waals surface area contributed by atoms with Crippen molar-refractivity contribution in [3.8, 4) is 0 Å². The van der Waals surface area contributed by atoms with Crippen LogP contribution in [0.15, 0.2) is 60.7 Å². The Labute approximate surface area is 137 Å². The normalized spacial score (nSPS) is 13.3. The van der Waals surface area contributed by atoms with Crippen molar-refractivity contribution >= 4 is 10.2 Å². The average molecular weight is 310 g/mol. The second kappa shape index (κ2) is 7.72. The molecule has 0 amide bonds. The zero-order valence-electron chi connectivity index (χ0n) is 13.6. The number of nitrogens with zero attached hydrogens (tertiary/aromatic N) is 1. The van der Waals surface area contributed by atoms with E-state index >= 15 is 0 Å². The van der Waals surface area contributed by atoms with E-state index < -0.39 is 5.22 Å². The van der Waals surface area contributed by atoms with Crippen LogP contribution in [0.25, 0.3) is 0 Å². The third-order valence-corrected chi connectivity index (χ3v) is 4.73. The molecule has 2 nitrogen and oxygen atoms in total. The van der Waals surface area contributed by atoms with Gasteiger partial charge in [-0.3, -0.25) is 4.90 Å². The van der Waals surface area contributed by atoms with E-state index in [2.05, 4.69) is 60.2 Å². The van der Waals surface area contributed by atoms with Gasteiger partial charge < -0.3 is 4.74 Å². The van der Waals surface area contributed by atoms with Crippen LogP contribution in [0.4, 0.5) is 0 Å². The monoisotopic (exact) mass is 310 g/mol. The molecule has 0 aliphatic carbocycles. The Balaban J connectivity index is 2.39. The van der Waals surface area contributed by atoms with Crippen LogP contribution in [-0.4, -0.2) is 34.5 Å². The summed E-state index contributed by atoms with van der Waals surface area (Å²) in [7, 11) is 3.94. The molecule has 0 aliphatic rings. The van der Waals surface area contributed by atoms with E-state index in [9.17, 15) is 0 Å². The molecule has 2 rings (SSSR count). The predicted molar refractivity (Wildman–Crippen MR) is 92.9 cm³/mol. The minimum Gasteiger partial charge on any atom is -0.352 e. The zero-order valence-corrected chi connectivity index (χ0v) is 14.6. The summed E-state index contributed by atoms with van der Waals surface area (Å²) in [5.41, 5.74) is 2.19. The maximum atomic E-state index is 6.49. The maximum absolute atomic E-state index is 6.49. The lowest BCUT2D eigenvalue weighted by molar-refractivity contribution is -0.0934. The summed E-state index contributed by atoms with van der Waals surface area (Å²) in [6, 6.07) is 20.6. The Hall–Kier alpha value is -1.42. The molecule has 0 heterocycles. The Morgan fingerprint density at radius 2 is 1.32 bits per heavy atom. The quantitative estimate of drug-likeness (QED) is 0.570. The highest BCUT2D eigenvalue weighted by Crippen LogP contribution is 2.32. The number of ether oxygens (including phenoxy) is 1. The number of rotatable bonds is 7. The van der Waals surface area contributed by atoms with Gasteiger partial charge in [0.1, 0.15) is 11.5 Å². The van der Waals surface area contributed by atoms with Crippen molar-refractivity contribution in [2.75, 3.05) is 13.1 Å². The van der Waals surface area contributed by atoms with Crippen molar-refractivity contribution in [3.63, 3.8) is 0 Å². The van der Waals surface area contributed by atoms with Gasteiger partial charge in [0.2, 0.25) is 0 Å². The van der Waals surface area contributed by atoms with Gasteiger partial charge in [0, 0.05) is 0 Å². The smallest absolute Gasteiger partial charge is 0.108 e. The lowest BCUT2D eigenvalue weighted by atomic mass is 10.00. The van der Waals surface area contributed by atoms with E-state index in [0.717, 1.165) is 24.2 Å². The third kappa shape index (κ3) is 3.66. The predicted octanol–water partition coefficient (Wildman–Crippen LogP) is 3.76. The molecule has 2 aromatic carbocycles. The molecule has 1 unspecified atom stereocenters. The molecule has 3 heteroatoms. The molecule has 0 fully saturated rings. The van der Waals surface area contributed by atoms with Crippen molar-refractivity contribution in [1.29, 1.82) is 0 Å². The molecule has 2 aromatic rings. The van der Waals surface area contributed by atoms with Gasteiger partial charge in [0.15, 0.2) is 0 Å². The average Bonchev–Trinajstić information content (AvgIpc) is 2.57. The summed E-state index contributed by atoms with van der Waals surface area (Å²) in [5, 5.41) is -0.648. The minimum atomic E-state index is -0.648. The van der Waals surface area contributed by atoms with Gasteiger partial charge in [0.25, 0.3) is 0 Å². The first kappa shape index (κ1) is 16.9. The lowest BCUT2D eigenvalue weighted by Gasteiger charge is -2.38. The molecule has 115 valence electrons. The van der Waals surface area contributed by atoms with Gasteiger partial charge in [-0.2, -0.15) is 0 Å². The van der Waals surface area contributed by atoms with Crippen molar-refractivity contribution in [1.82, 2.24) is 4.90 Å². The van der Waals surface area contributed by atoms with Gasteiger partial charge in [-0.25, -0.2) is 0 Å². The van der Waals surface area contributed by atoms with Crippen LogP contribution >= 0.6 is 0 Å². The van der Waals surface area contributed by atoms with Gasteiger partial charge in [-0.1, -0.05) is 74.5 Å².